The third-order valence-corrected chi connectivity index (χ3v) is 3.42. The molecule has 0 bridgehead atoms. The zero-order valence-electron chi connectivity index (χ0n) is 8.51. The molecular weight excluding hydrogens is 211 g/mol. The first-order valence-corrected chi connectivity index (χ1v) is 7.94. The van der Waals surface area contributed by atoms with Crippen molar-refractivity contribution in [3.8, 4) is 0 Å². The zero-order valence-corrected chi connectivity index (χ0v) is 10.2. The van der Waals surface area contributed by atoms with Crippen LogP contribution >= 0.6 is 0 Å². The van der Waals surface area contributed by atoms with Gasteiger partial charge in [-0.1, -0.05) is 0 Å². The van der Waals surface area contributed by atoms with Crippen LogP contribution in [0.5, 0.6) is 0 Å². The molecule has 0 unspecified atom stereocenters. The molecule has 0 aromatic heterocycles. The van der Waals surface area contributed by atoms with Gasteiger partial charge in [0.25, 0.3) is 0 Å². The minimum atomic E-state index is 0.908. The fourth-order valence-electron chi connectivity index (χ4n) is 1.21. The summed E-state index contributed by atoms with van der Waals surface area (Å²) >= 11 is 0.908. The SMILES string of the molecule is C/C=C/CCCCCCC[Se]C. The van der Waals surface area contributed by atoms with Crippen LogP contribution in [0.15, 0.2) is 12.2 Å². The van der Waals surface area contributed by atoms with Gasteiger partial charge in [-0.05, 0) is 0 Å². The molecule has 0 N–H and O–H groups in total. The van der Waals surface area contributed by atoms with E-state index in [0.29, 0.717) is 0 Å². The summed E-state index contributed by atoms with van der Waals surface area (Å²) in [5.74, 6) is 2.33. The molecule has 0 saturated carbocycles. The monoisotopic (exact) mass is 234 g/mol. The molecular formula is C11H22Se. The normalized spacial score (nSPS) is 11.2. The Kier molecular flexibility index (Phi) is 11.5. The van der Waals surface area contributed by atoms with Gasteiger partial charge in [0.1, 0.15) is 0 Å². The van der Waals surface area contributed by atoms with E-state index in [4.69, 9.17) is 0 Å². The van der Waals surface area contributed by atoms with E-state index in [9.17, 15) is 0 Å². The molecule has 0 nitrogen and oxygen atoms in total. The molecule has 0 heterocycles. The predicted molar refractivity (Wildman–Crippen MR) is 58.9 cm³/mol. The Morgan fingerprint density at radius 2 is 1.67 bits per heavy atom. The summed E-state index contributed by atoms with van der Waals surface area (Å²) in [5.41, 5.74) is 0. The minimum absolute atomic E-state index is 0.908. The van der Waals surface area contributed by atoms with Gasteiger partial charge in [0, 0.05) is 0 Å². The summed E-state index contributed by atoms with van der Waals surface area (Å²) in [4.78, 5) is 0. The summed E-state index contributed by atoms with van der Waals surface area (Å²) in [7, 11) is 0. The van der Waals surface area contributed by atoms with Gasteiger partial charge in [0.15, 0.2) is 0 Å². The van der Waals surface area contributed by atoms with Crippen molar-refractivity contribution in [2.75, 3.05) is 0 Å². The second-order valence-corrected chi connectivity index (χ2v) is 5.19. The van der Waals surface area contributed by atoms with Crippen LogP contribution in [0.25, 0.3) is 0 Å². The molecule has 0 aliphatic rings. The molecule has 0 aliphatic heterocycles. The van der Waals surface area contributed by atoms with Crippen molar-refractivity contribution in [3.63, 3.8) is 0 Å². The third kappa shape index (κ3) is 10.3. The second kappa shape index (κ2) is 11.3. The van der Waals surface area contributed by atoms with E-state index in [-0.39, 0.29) is 0 Å². The van der Waals surface area contributed by atoms with Gasteiger partial charge >= 0.3 is 83.7 Å². The molecule has 0 fully saturated rings. The van der Waals surface area contributed by atoms with E-state index in [2.05, 4.69) is 24.9 Å². The first kappa shape index (κ1) is 12.3. The molecule has 0 aromatic rings. The summed E-state index contributed by atoms with van der Waals surface area (Å²) in [6.45, 7) is 2.10. The molecule has 0 spiro atoms. The van der Waals surface area contributed by atoms with Crippen molar-refractivity contribution in [1.29, 1.82) is 0 Å². The standard InChI is InChI=1S/C11H22Se/c1-3-4-5-6-7-8-9-10-11-12-2/h3-4H,5-11H2,1-2H3/b4-3+. The molecule has 0 saturated heterocycles. The summed E-state index contributed by atoms with van der Waals surface area (Å²) in [5, 5.41) is 1.49. The van der Waals surface area contributed by atoms with Crippen LogP contribution in [-0.2, 0) is 0 Å². The maximum atomic E-state index is 2.33. The first-order chi connectivity index (χ1) is 5.91. The Balaban J connectivity index is 2.81. The van der Waals surface area contributed by atoms with E-state index in [1.165, 1.54) is 43.8 Å². The van der Waals surface area contributed by atoms with Crippen LogP contribution in [0.1, 0.15) is 45.4 Å². The van der Waals surface area contributed by atoms with Crippen LogP contribution in [0.2, 0.25) is 11.1 Å². The van der Waals surface area contributed by atoms with Gasteiger partial charge in [-0.15, -0.1) is 0 Å². The number of unbranched alkanes of at least 4 members (excludes halogenated alkanes) is 5. The van der Waals surface area contributed by atoms with Gasteiger partial charge < -0.3 is 0 Å². The number of hydrogen-bond acceptors (Lipinski definition) is 0. The molecule has 0 aromatic carbocycles. The van der Waals surface area contributed by atoms with Crippen molar-refractivity contribution in [1.82, 2.24) is 0 Å². The van der Waals surface area contributed by atoms with Crippen molar-refractivity contribution < 1.29 is 0 Å². The predicted octanol–water partition coefficient (Wildman–Crippen LogP) is 4.07. The molecule has 0 atom stereocenters. The Morgan fingerprint density at radius 3 is 2.33 bits per heavy atom. The fraction of sp³-hybridized carbons (Fsp3) is 0.818. The Hall–Kier alpha value is 0.259. The van der Waals surface area contributed by atoms with Crippen molar-refractivity contribution in [2.45, 2.75) is 56.6 Å². The average molecular weight is 233 g/mol. The van der Waals surface area contributed by atoms with E-state index < -0.39 is 0 Å². The van der Waals surface area contributed by atoms with Gasteiger partial charge in [0.2, 0.25) is 0 Å². The quantitative estimate of drug-likeness (QED) is 0.337. The molecule has 0 amide bonds. The summed E-state index contributed by atoms with van der Waals surface area (Å²) in [6.07, 6.45) is 12.9. The summed E-state index contributed by atoms with van der Waals surface area (Å²) in [6, 6.07) is 0. The molecule has 12 heavy (non-hydrogen) atoms. The molecule has 72 valence electrons. The molecule has 0 radical (unpaired) electrons. The number of hydrogen-bond donors (Lipinski definition) is 0. The first-order valence-electron chi connectivity index (χ1n) is 5.02. The summed E-state index contributed by atoms with van der Waals surface area (Å²) < 4.78 is 0. The average Bonchev–Trinajstić information content (AvgIpc) is 2.10. The van der Waals surface area contributed by atoms with Gasteiger partial charge in [-0.3, -0.25) is 0 Å². The van der Waals surface area contributed by atoms with Gasteiger partial charge in [-0.2, -0.15) is 0 Å². The maximum absolute atomic E-state index is 2.33. The van der Waals surface area contributed by atoms with E-state index in [0.717, 1.165) is 15.0 Å². The van der Waals surface area contributed by atoms with Gasteiger partial charge in [-0.25, -0.2) is 0 Å². The van der Waals surface area contributed by atoms with Crippen LogP contribution in [0.4, 0.5) is 0 Å². The van der Waals surface area contributed by atoms with Gasteiger partial charge in [0.05, 0.1) is 0 Å². The molecule has 0 rings (SSSR count). The Labute approximate surface area is 84.0 Å². The second-order valence-electron chi connectivity index (χ2n) is 3.12. The Morgan fingerprint density at radius 1 is 1.00 bits per heavy atom. The molecule has 0 aliphatic carbocycles. The van der Waals surface area contributed by atoms with Crippen molar-refractivity contribution >= 4 is 15.0 Å². The van der Waals surface area contributed by atoms with E-state index in [1.54, 1.807) is 0 Å². The number of allylic oxidation sites excluding steroid dienone is 2. The number of rotatable bonds is 8. The van der Waals surface area contributed by atoms with Crippen LogP contribution in [-0.4, -0.2) is 15.0 Å². The fourth-order valence-corrected chi connectivity index (χ4v) is 2.24. The zero-order chi connectivity index (χ0) is 9.07. The van der Waals surface area contributed by atoms with Crippen molar-refractivity contribution in [2.24, 2.45) is 0 Å². The van der Waals surface area contributed by atoms with E-state index >= 15 is 0 Å². The third-order valence-electron chi connectivity index (χ3n) is 1.95. The Bertz CT molecular complexity index is 97.2. The van der Waals surface area contributed by atoms with E-state index in [1.807, 2.05) is 0 Å². The molecule has 1 heteroatoms. The topological polar surface area (TPSA) is 0 Å². The van der Waals surface area contributed by atoms with Crippen LogP contribution in [0, 0.1) is 0 Å². The van der Waals surface area contributed by atoms with Crippen molar-refractivity contribution in [3.05, 3.63) is 12.2 Å². The van der Waals surface area contributed by atoms with Crippen LogP contribution in [0.3, 0.4) is 0 Å². The van der Waals surface area contributed by atoms with Crippen LogP contribution < -0.4 is 0 Å².